The molecule has 1 aromatic carbocycles. The molecule has 0 fully saturated rings. The second-order valence-electron chi connectivity index (χ2n) is 3.02. The first-order chi connectivity index (χ1) is 7.29. The zero-order valence-corrected chi connectivity index (χ0v) is 8.88. The van der Waals surface area contributed by atoms with Crippen molar-refractivity contribution >= 4 is 39.7 Å². The van der Waals surface area contributed by atoms with Crippen LogP contribution in [-0.4, -0.2) is 49.9 Å². The Morgan fingerprint density at radius 3 is 2.12 bits per heavy atom. The van der Waals surface area contributed by atoms with Crippen molar-refractivity contribution in [1.82, 2.24) is 0 Å². The molecule has 0 bridgehead atoms. The van der Waals surface area contributed by atoms with Crippen LogP contribution >= 0.6 is 0 Å². The van der Waals surface area contributed by atoms with Crippen LogP contribution < -0.4 is 4.18 Å². The van der Waals surface area contributed by atoms with Gasteiger partial charge in [-0.15, -0.1) is 0 Å². The van der Waals surface area contributed by atoms with Crippen LogP contribution in [0.2, 0.25) is 0 Å². The van der Waals surface area contributed by atoms with Gasteiger partial charge < -0.3 is 4.18 Å². The van der Waals surface area contributed by atoms with E-state index in [0.717, 1.165) is 0 Å². The summed E-state index contributed by atoms with van der Waals surface area (Å²) in [6.45, 7) is 0. The summed E-state index contributed by atoms with van der Waals surface area (Å²) in [5, 5.41) is 0. The number of hydrogen-bond acceptors (Lipinski definition) is 3. The summed E-state index contributed by atoms with van der Waals surface area (Å²) in [4.78, 5) is 0. The van der Waals surface area contributed by atoms with Crippen molar-refractivity contribution in [1.29, 1.82) is 0 Å². The molecule has 1 rings (SSSR count). The molecule has 1 aromatic rings. The van der Waals surface area contributed by atoms with E-state index >= 15 is 0 Å². The fourth-order valence-corrected chi connectivity index (χ4v) is 1.87. The molecule has 0 spiro atoms. The molecule has 0 aliphatic heterocycles. The van der Waals surface area contributed by atoms with Crippen molar-refractivity contribution in [3.63, 3.8) is 0 Å². The molecular weight excluding hydrogens is 268 g/mol. The second kappa shape index (κ2) is 6.63. The van der Waals surface area contributed by atoms with Gasteiger partial charge in [-0.3, -0.25) is 0 Å². The minimum atomic E-state index is -4.51. The van der Waals surface area contributed by atoms with E-state index in [0.29, 0.717) is 0 Å². The summed E-state index contributed by atoms with van der Waals surface area (Å²) in [7, 11) is -4.19. The zero-order valence-electron chi connectivity index (χ0n) is 8.07. The van der Waals surface area contributed by atoms with E-state index in [1.165, 1.54) is 24.3 Å². The molecular formula is C9H10F3NaO3S. The Kier molecular flexibility index (Phi) is 6.53. The molecule has 0 aliphatic rings. The molecule has 0 aliphatic carbocycles. The van der Waals surface area contributed by atoms with E-state index < -0.39 is 28.5 Å². The molecule has 0 atom stereocenters. The van der Waals surface area contributed by atoms with Gasteiger partial charge in [0.25, 0.3) is 0 Å². The molecule has 8 heteroatoms. The van der Waals surface area contributed by atoms with E-state index in [2.05, 4.69) is 4.18 Å². The molecule has 0 N–H and O–H groups in total. The standard InChI is InChI=1S/C9H9F3O3S.Na.H/c10-9(11,12)6-7-16(13,14)15-8-4-2-1-3-5-8;;/h1-5H,6-7H2;;. The molecule has 17 heavy (non-hydrogen) atoms. The topological polar surface area (TPSA) is 43.4 Å². The first-order valence-corrected chi connectivity index (χ1v) is 5.90. The van der Waals surface area contributed by atoms with Crippen molar-refractivity contribution in [2.75, 3.05) is 5.75 Å². The maximum atomic E-state index is 11.8. The quantitative estimate of drug-likeness (QED) is 0.622. The van der Waals surface area contributed by atoms with E-state index in [1.54, 1.807) is 6.07 Å². The van der Waals surface area contributed by atoms with Crippen LogP contribution in [0.1, 0.15) is 6.42 Å². The van der Waals surface area contributed by atoms with Crippen LogP contribution in [0.15, 0.2) is 30.3 Å². The zero-order chi connectivity index (χ0) is 12.2. The van der Waals surface area contributed by atoms with Crippen molar-refractivity contribution in [2.24, 2.45) is 0 Å². The Bertz CT molecular complexity index is 431. The molecule has 0 unspecified atom stereocenters. The van der Waals surface area contributed by atoms with E-state index in [9.17, 15) is 21.6 Å². The molecule has 0 saturated heterocycles. The molecule has 92 valence electrons. The summed E-state index contributed by atoms with van der Waals surface area (Å²) in [6, 6.07) is 7.38. The number of benzene rings is 1. The van der Waals surface area contributed by atoms with Crippen molar-refractivity contribution in [2.45, 2.75) is 12.6 Å². The molecule has 3 nitrogen and oxygen atoms in total. The van der Waals surface area contributed by atoms with Crippen LogP contribution in [0.5, 0.6) is 5.75 Å². The average molecular weight is 278 g/mol. The average Bonchev–Trinajstić information content (AvgIpc) is 2.15. The van der Waals surface area contributed by atoms with Gasteiger partial charge in [0.1, 0.15) is 5.75 Å². The Morgan fingerprint density at radius 1 is 1.12 bits per heavy atom. The predicted molar refractivity (Wildman–Crippen MR) is 58.7 cm³/mol. The third-order valence-corrected chi connectivity index (χ3v) is 2.75. The first kappa shape index (κ1) is 16.8. The summed E-state index contributed by atoms with van der Waals surface area (Å²) < 4.78 is 62.1. The molecule has 0 heterocycles. The summed E-state index contributed by atoms with van der Waals surface area (Å²) in [6.07, 6.45) is -5.92. The summed E-state index contributed by atoms with van der Waals surface area (Å²) in [5.41, 5.74) is 0. The van der Waals surface area contributed by atoms with Crippen LogP contribution in [-0.2, 0) is 10.1 Å². The van der Waals surface area contributed by atoms with Crippen LogP contribution in [0.3, 0.4) is 0 Å². The van der Waals surface area contributed by atoms with Crippen LogP contribution in [0, 0.1) is 0 Å². The summed E-state index contributed by atoms with van der Waals surface area (Å²) >= 11 is 0. The Morgan fingerprint density at radius 2 is 1.65 bits per heavy atom. The van der Waals surface area contributed by atoms with Gasteiger partial charge in [-0.2, -0.15) is 21.6 Å². The predicted octanol–water partition coefficient (Wildman–Crippen LogP) is 1.70. The Hall–Kier alpha value is -0.240. The Labute approximate surface area is 119 Å². The normalized spacial score (nSPS) is 11.7. The number of hydrogen-bond donors (Lipinski definition) is 0. The van der Waals surface area contributed by atoms with Crippen molar-refractivity contribution in [3.8, 4) is 5.75 Å². The number of rotatable bonds is 4. The van der Waals surface area contributed by atoms with Crippen LogP contribution in [0.4, 0.5) is 13.2 Å². The van der Waals surface area contributed by atoms with Gasteiger partial charge in [0.2, 0.25) is 0 Å². The van der Waals surface area contributed by atoms with Gasteiger partial charge in [0.15, 0.2) is 0 Å². The maximum absolute atomic E-state index is 11.8. The SMILES string of the molecule is O=S(=O)(CCC(F)(F)F)Oc1ccccc1.[NaH]. The van der Waals surface area contributed by atoms with Gasteiger partial charge in [0.05, 0.1) is 12.2 Å². The van der Waals surface area contributed by atoms with Crippen molar-refractivity contribution < 1.29 is 25.8 Å². The van der Waals surface area contributed by atoms with Gasteiger partial charge in [0, 0.05) is 0 Å². The molecule has 0 aromatic heterocycles. The monoisotopic (exact) mass is 278 g/mol. The van der Waals surface area contributed by atoms with Gasteiger partial charge in [-0.05, 0) is 12.1 Å². The summed E-state index contributed by atoms with van der Waals surface area (Å²) in [5.74, 6) is -1.07. The fraction of sp³-hybridized carbons (Fsp3) is 0.333. The number of para-hydroxylation sites is 1. The van der Waals surface area contributed by atoms with Gasteiger partial charge in [-0.1, -0.05) is 18.2 Å². The third kappa shape index (κ3) is 7.64. The second-order valence-corrected chi connectivity index (χ2v) is 4.71. The fourth-order valence-electron chi connectivity index (χ4n) is 0.905. The molecule has 0 saturated carbocycles. The van der Waals surface area contributed by atoms with E-state index in [1.807, 2.05) is 0 Å². The van der Waals surface area contributed by atoms with Gasteiger partial charge >= 0.3 is 45.9 Å². The van der Waals surface area contributed by atoms with E-state index in [4.69, 9.17) is 0 Å². The third-order valence-electron chi connectivity index (χ3n) is 1.60. The molecule has 0 amide bonds. The number of halogens is 3. The van der Waals surface area contributed by atoms with E-state index in [-0.39, 0.29) is 35.3 Å². The Balaban J connectivity index is 0.00000256. The first-order valence-electron chi connectivity index (χ1n) is 4.32. The van der Waals surface area contributed by atoms with Gasteiger partial charge in [-0.25, -0.2) is 0 Å². The number of alkyl halides is 3. The van der Waals surface area contributed by atoms with Crippen LogP contribution in [0.25, 0.3) is 0 Å². The minimum absolute atomic E-state index is 0. The van der Waals surface area contributed by atoms with Crippen molar-refractivity contribution in [3.05, 3.63) is 30.3 Å². The molecule has 0 radical (unpaired) electrons.